The zero-order valence-electron chi connectivity index (χ0n) is 20.7. The summed E-state index contributed by atoms with van der Waals surface area (Å²) < 4.78 is 11.5. The fraction of sp³-hybridized carbons (Fsp3) is 0.310. The monoisotopic (exact) mass is 501 g/mol. The van der Waals surface area contributed by atoms with Gasteiger partial charge in [-0.2, -0.15) is 0 Å². The Balaban J connectivity index is 1.58. The van der Waals surface area contributed by atoms with Crippen LogP contribution in [0.15, 0.2) is 64.2 Å². The summed E-state index contributed by atoms with van der Waals surface area (Å²) in [6.07, 6.45) is -3.55. The number of carbonyl (C=O) groups is 1. The first-order chi connectivity index (χ1) is 17.6. The molecular formula is C29H27NO7. The summed E-state index contributed by atoms with van der Waals surface area (Å²) >= 11 is 0. The maximum absolute atomic E-state index is 13.7. The van der Waals surface area contributed by atoms with Crippen molar-refractivity contribution in [3.05, 3.63) is 96.8 Å². The number of hydrogen-bond acceptors (Lipinski definition) is 8. The lowest BCUT2D eigenvalue weighted by molar-refractivity contribution is -0.307. The largest absolute Gasteiger partial charge is 0.460 e. The van der Waals surface area contributed by atoms with Crippen molar-refractivity contribution in [2.45, 2.75) is 57.5 Å². The van der Waals surface area contributed by atoms with Crippen LogP contribution in [0.2, 0.25) is 0 Å². The third-order valence-electron chi connectivity index (χ3n) is 7.91. The van der Waals surface area contributed by atoms with Crippen molar-refractivity contribution in [1.29, 1.82) is 0 Å². The summed E-state index contributed by atoms with van der Waals surface area (Å²) in [6, 6.07) is 11.1. The number of benzene rings is 1. The number of nitrogens with zero attached hydrogens (tertiary/aromatic N) is 1. The number of hydrogen-bond donors (Lipinski definition) is 3. The first-order valence-electron chi connectivity index (χ1n) is 12.2. The van der Waals surface area contributed by atoms with E-state index in [4.69, 9.17) is 9.47 Å². The van der Waals surface area contributed by atoms with Gasteiger partial charge in [0, 0.05) is 39.5 Å². The molecular weight excluding hydrogens is 474 g/mol. The zero-order chi connectivity index (χ0) is 26.4. The molecule has 0 spiro atoms. The molecule has 37 heavy (non-hydrogen) atoms. The second-order valence-corrected chi connectivity index (χ2v) is 10.1. The highest BCUT2D eigenvalue weighted by atomic mass is 16.7. The van der Waals surface area contributed by atoms with Gasteiger partial charge in [0.05, 0.1) is 11.7 Å². The van der Waals surface area contributed by atoms with Crippen LogP contribution in [0.5, 0.6) is 5.75 Å². The Kier molecular flexibility index (Phi) is 5.13. The third-order valence-corrected chi connectivity index (χ3v) is 7.91. The molecule has 3 N–H and O–H groups in total. The van der Waals surface area contributed by atoms with Crippen LogP contribution in [0.3, 0.4) is 0 Å². The van der Waals surface area contributed by atoms with Gasteiger partial charge in [-0.25, -0.2) is 0 Å². The highest BCUT2D eigenvalue weighted by Gasteiger charge is 2.62. The molecule has 3 heterocycles. The lowest BCUT2D eigenvalue weighted by Gasteiger charge is -2.42. The smallest absolute Gasteiger partial charge is 0.236 e. The van der Waals surface area contributed by atoms with E-state index in [-0.39, 0.29) is 27.9 Å². The lowest BCUT2D eigenvalue weighted by Crippen LogP contribution is -2.63. The minimum atomic E-state index is -2.31. The van der Waals surface area contributed by atoms with Crippen LogP contribution >= 0.6 is 0 Å². The molecule has 0 aromatic heterocycles. The predicted molar refractivity (Wildman–Crippen MR) is 135 cm³/mol. The molecule has 8 nitrogen and oxygen atoms in total. The Morgan fingerprint density at radius 2 is 1.84 bits per heavy atom. The Labute approximate surface area is 212 Å². The van der Waals surface area contributed by atoms with Gasteiger partial charge in [-0.3, -0.25) is 9.59 Å². The second-order valence-electron chi connectivity index (χ2n) is 10.1. The van der Waals surface area contributed by atoms with E-state index in [1.54, 1.807) is 0 Å². The molecule has 190 valence electrons. The molecule has 2 aromatic rings. The molecule has 0 bridgehead atoms. The van der Waals surface area contributed by atoms with Gasteiger partial charge in [-0.1, -0.05) is 36.9 Å². The Morgan fingerprint density at radius 3 is 2.54 bits per heavy atom. The standard InChI is InChI=1S/C29H27NO7/c1-13-10-18-21-14(2)26-23(29(35)27(34)24(32)16(4)36-28(29)37-26)20(31)11-19(21)25(33)22(18)15(3)30(13)12-17-8-6-5-7-9-17/h5-11,16,24,27-28,32,34-35H,2,12H2,1,3-4H3/t16-,24+,27-,28+,29-/m1/s1. The zero-order valence-corrected chi connectivity index (χ0v) is 20.7. The van der Waals surface area contributed by atoms with E-state index in [0.29, 0.717) is 22.9 Å². The number of rotatable bonds is 2. The molecule has 0 saturated carbocycles. The van der Waals surface area contributed by atoms with Crippen LogP contribution in [-0.2, 0) is 16.9 Å². The quantitative estimate of drug-likeness (QED) is 0.546. The molecule has 0 amide bonds. The molecule has 2 aromatic carbocycles. The second kappa shape index (κ2) is 7.97. The molecule has 4 aliphatic rings. The van der Waals surface area contributed by atoms with Gasteiger partial charge in [0.15, 0.2) is 16.8 Å². The molecule has 1 aliphatic carbocycles. The van der Waals surface area contributed by atoms with Gasteiger partial charge in [0.1, 0.15) is 18.0 Å². The van der Waals surface area contributed by atoms with Crippen LogP contribution in [0, 0.1) is 0 Å². The van der Waals surface area contributed by atoms with Crippen LogP contribution in [-0.4, -0.2) is 50.6 Å². The molecule has 0 radical (unpaired) electrons. The Morgan fingerprint density at radius 1 is 1.14 bits per heavy atom. The average Bonchev–Trinajstić information content (AvgIpc) is 3.28. The maximum Gasteiger partial charge on any atom is 0.236 e. The fourth-order valence-corrected chi connectivity index (χ4v) is 5.92. The molecule has 6 rings (SSSR count). The normalized spacial score (nSPS) is 29.9. The SMILES string of the molecule is C=c1c2c(c(=O)cc3c1=C1C=C(C)N(Cc4ccccc4)C(C)=C1C3=O)[C@]1(O)[C@H](O2)O[C@H](C)[C@H](O)[C@H]1O. The number of Topliss-reactive ketones (excluding diaryl/α,β-unsaturated/α-hetero) is 1. The van der Waals surface area contributed by atoms with Gasteiger partial charge in [0.25, 0.3) is 0 Å². The average molecular weight is 502 g/mol. The van der Waals surface area contributed by atoms with Crippen LogP contribution in [0.1, 0.15) is 42.3 Å². The minimum Gasteiger partial charge on any atom is -0.460 e. The summed E-state index contributed by atoms with van der Waals surface area (Å²) in [7, 11) is 0. The number of aliphatic hydroxyl groups excluding tert-OH is 2. The van der Waals surface area contributed by atoms with E-state index in [9.17, 15) is 24.9 Å². The summed E-state index contributed by atoms with van der Waals surface area (Å²) in [5.41, 5.74) is 0.733. The number of aliphatic hydroxyl groups is 3. The molecule has 1 saturated heterocycles. The predicted octanol–water partition coefficient (Wildman–Crippen LogP) is 0.544. The van der Waals surface area contributed by atoms with Gasteiger partial charge in [-0.05, 0) is 44.1 Å². The van der Waals surface area contributed by atoms with Gasteiger partial charge >= 0.3 is 0 Å². The first kappa shape index (κ1) is 23.8. The third kappa shape index (κ3) is 3.10. The molecule has 5 atom stereocenters. The van der Waals surface area contributed by atoms with Crippen molar-refractivity contribution in [2.75, 3.05) is 0 Å². The number of fused-ring (bicyclic) bond motifs is 5. The van der Waals surface area contributed by atoms with Crippen molar-refractivity contribution >= 4 is 17.9 Å². The minimum absolute atomic E-state index is 0.0453. The Hall–Kier alpha value is -3.56. The van der Waals surface area contributed by atoms with E-state index >= 15 is 0 Å². The number of ether oxygens (including phenoxy) is 2. The lowest BCUT2D eigenvalue weighted by atomic mass is 9.82. The van der Waals surface area contributed by atoms with Gasteiger partial charge in [0.2, 0.25) is 6.29 Å². The van der Waals surface area contributed by atoms with Crippen molar-refractivity contribution in [1.82, 2.24) is 4.90 Å². The van der Waals surface area contributed by atoms with Crippen molar-refractivity contribution in [2.24, 2.45) is 0 Å². The molecule has 3 aliphatic heterocycles. The van der Waals surface area contributed by atoms with Crippen molar-refractivity contribution in [3.8, 4) is 5.75 Å². The van der Waals surface area contributed by atoms with Crippen molar-refractivity contribution in [3.63, 3.8) is 0 Å². The first-order valence-corrected chi connectivity index (χ1v) is 12.2. The van der Waals surface area contributed by atoms with E-state index in [1.165, 1.54) is 13.0 Å². The fourth-order valence-electron chi connectivity index (χ4n) is 5.92. The van der Waals surface area contributed by atoms with Crippen molar-refractivity contribution < 1.29 is 29.6 Å². The molecule has 1 fully saturated rings. The Bertz CT molecular complexity index is 1610. The van der Waals surface area contributed by atoms with Crippen LogP contribution in [0.4, 0.5) is 0 Å². The summed E-state index contributed by atoms with van der Waals surface area (Å²) in [5.74, 6) is -0.367. The van der Waals surface area contributed by atoms with E-state index < -0.39 is 35.6 Å². The highest BCUT2D eigenvalue weighted by Crippen LogP contribution is 2.45. The van der Waals surface area contributed by atoms with E-state index in [2.05, 4.69) is 11.5 Å². The molecule has 0 unspecified atom stereocenters. The van der Waals surface area contributed by atoms with Crippen LogP contribution in [0.25, 0.3) is 12.2 Å². The summed E-state index contributed by atoms with van der Waals surface area (Å²) in [5, 5.41) is 33.3. The van der Waals surface area contributed by atoms with E-state index in [0.717, 1.165) is 17.0 Å². The molecule has 8 heteroatoms. The van der Waals surface area contributed by atoms with Gasteiger partial charge in [-0.15, -0.1) is 0 Å². The van der Waals surface area contributed by atoms with Crippen LogP contribution < -0.4 is 20.6 Å². The number of ketones is 1. The van der Waals surface area contributed by atoms with Gasteiger partial charge < -0.3 is 29.7 Å². The maximum atomic E-state index is 13.7. The number of carbonyl (C=O) groups excluding carboxylic acids is 1. The number of allylic oxidation sites excluding steroid dienone is 4. The highest BCUT2D eigenvalue weighted by molar-refractivity contribution is 6.23. The summed E-state index contributed by atoms with van der Waals surface area (Å²) in [4.78, 5) is 29.3. The van der Waals surface area contributed by atoms with E-state index in [1.807, 2.05) is 50.3 Å². The summed E-state index contributed by atoms with van der Waals surface area (Å²) in [6.45, 7) is 10.1. The topological polar surface area (TPSA) is 117 Å².